The molecule has 0 saturated carbocycles. The minimum atomic E-state index is 0.535. The van der Waals surface area contributed by atoms with Crippen molar-refractivity contribution in [3.8, 4) is 45.5 Å². The molecule has 0 spiro atoms. The molecule has 0 unspecified atom stereocenters. The third-order valence-corrected chi connectivity index (χ3v) is 13.8. The van der Waals surface area contributed by atoms with E-state index in [1.54, 1.807) is 0 Å². The fraction of sp³-hybridized carbons (Fsp3) is 0. The van der Waals surface area contributed by atoms with Gasteiger partial charge in [0.05, 0.1) is 33.1 Å². The lowest BCUT2D eigenvalue weighted by molar-refractivity contribution is 0.668. The number of benzene rings is 10. The van der Waals surface area contributed by atoms with Gasteiger partial charge in [-0.25, -0.2) is 15.0 Å². The van der Waals surface area contributed by atoms with Gasteiger partial charge in [0.2, 0.25) is 0 Å². The van der Waals surface area contributed by atoms with Gasteiger partial charge in [0, 0.05) is 60.1 Å². The molecular formula is C61H35N5O2. The van der Waals surface area contributed by atoms with Gasteiger partial charge in [-0.1, -0.05) is 140 Å². The van der Waals surface area contributed by atoms with E-state index in [0.29, 0.717) is 17.5 Å². The molecule has 0 aliphatic heterocycles. The van der Waals surface area contributed by atoms with Crippen LogP contribution in [0.15, 0.2) is 221 Å². The van der Waals surface area contributed by atoms with Crippen molar-refractivity contribution in [1.82, 2.24) is 24.1 Å². The van der Waals surface area contributed by atoms with Crippen molar-refractivity contribution < 1.29 is 8.83 Å². The fourth-order valence-corrected chi connectivity index (χ4v) is 10.9. The van der Waals surface area contributed by atoms with Gasteiger partial charge in [0.25, 0.3) is 0 Å². The minimum absolute atomic E-state index is 0.535. The zero-order chi connectivity index (χ0) is 44.5. The number of hydrogen-bond acceptors (Lipinski definition) is 5. The largest absolute Gasteiger partial charge is 0.456 e. The van der Waals surface area contributed by atoms with Gasteiger partial charge in [-0.2, -0.15) is 0 Å². The maximum absolute atomic E-state index is 6.69. The Morgan fingerprint density at radius 1 is 0.294 bits per heavy atom. The maximum Gasteiger partial charge on any atom is 0.166 e. The van der Waals surface area contributed by atoms with Crippen molar-refractivity contribution in [2.45, 2.75) is 0 Å². The lowest BCUT2D eigenvalue weighted by Crippen LogP contribution is -2.04. The van der Waals surface area contributed by atoms with Crippen LogP contribution < -0.4 is 0 Å². The van der Waals surface area contributed by atoms with Gasteiger partial charge in [0.15, 0.2) is 17.5 Å². The van der Waals surface area contributed by atoms with E-state index >= 15 is 0 Å². The van der Waals surface area contributed by atoms with Gasteiger partial charge < -0.3 is 18.0 Å². The van der Waals surface area contributed by atoms with E-state index < -0.39 is 0 Å². The standard InChI is InChI=1S/C61H35N5O2/c1-2-18-38(19-3-1)65-48-27-11-7-21-40(48)55-43(24-14-28-49(55)65)59-62-60(44-25-15-31-53-56(44)41-22-8-12-29-51(41)67-53)64-61(63-59)45-32-33-54-57(42-23-9-13-30-52(42)68-54)58(45)66-47-26-10-6-20-39(47)46-34-36-16-4-5-17-37(36)35-50(46)66/h1-35H. The van der Waals surface area contributed by atoms with Gasteiger partial charge >= 0.3 is 0 Å². The number of fused-ring (bicyclic) bond motifs is 13. The third kappa shape index (κ3) is 5.26. The van der Waals surface area contributed by atoms with E-state index in [2.05, 4.69) is 179 Å². The summed E-state index contributed by atoms with van der Waals surface area (Å²) in [6, 6.07) is 74.3. The number of rotatable bonds is 5. The van der Waals surface area contributed by atoms with Gasteiger partial charge in [-0.15, -0.1) is 0 Å². The molecule has 316 valence electrons. The topological polar surface area (TPSA) is 74.8 Å². The van der Waals surface area contributed by atoms with Crippen LogP contribution in [0.1, 0.15) is 0 Å². The molecule has 7 nitrogen and oxygen atoms in total. The number of furan rings is 2. The Bertz CT molecular complexity index is 4570. The smallest absolute Gasteiger partial charge is 0.166 e. The summed E-state index contributed by atoms with van der Waals surface area (Å²) in [6.07, 6.45) is 0. The number of para-hydroxylation sites is 5. The molecule has 0 radical (unpaired) electrons. The van der Waals surface area contributed by atoms with Crippen LogP contribution >= 0.6 is 0 Å². The molecule has 5 aromatic heterocycles. The second-order valence-electron chi connectivity index (χ2n) is 17.5. The summed E-state index contributed by atoms with van der Waals surface area (Å²) in [7, 11) is 0. The molecule has 5 heterocycles. The average molecular weight is 870 g/mol. The molecule has 0 bridgehead atoms. The van der Waals surface area contributed by atoms with Crippen molar-refractivity contribution in [2.75, 3.05) is 0 Å². The van der Waals surface area contributed by atoms with Crippen molar-refractivity contribution in [2.24, 2.45) is 0 Å². The zero-order valence-electron chi connectivity index (χ0n) is 36.3. The molecule has 0 amide bonds. The van der Waals surface area contributed by atoms with E-state index in [9.17, 15) is 0 Å². The Kier molecular flexibility index (Phi) is 7.65. The summed E-state index contributed by atoms with van der Waals surface area (Å²) in [5.74, 6) is 1.64. The van der Waals surface area contributed by atoms with E-state index in [-0.39, 0.29) is 0 Å². The molecule has 10 aromatic carbocycles. The first-order valence-corrected chi connectivity index (χ1v) is 22.9. The molecule has 0 aliphatic carbocycles. The average Bonchev–Trinajstić information content (AvgIpc) is 4.15. The van der Waals surface area contributed by atoms with Crippen LogP contribution in [0, 0.1) is 0 Å². The van der Waals surface area contributed by atoms with Crippen LogP contribution in [0.25, 0.3) is 144 Å². The lowest BCUT2D eigenvalue weighted by Gasteiger charge is -2.16. The summed E-state index contributed by atoms with van der Waals surface area (Å²) in [6.45, 7) is 0. The molecule has 7 heteroatoms. The van der Waals surface area contributed by atoms with Gasteiger partial charge in [-0.3, -0.25) is 0 Å². The molecule has 0 fully saturated rings. The Hall–Kier alpha value is -9.33. The molecule has 0 atom stereocenters. The second kappa shape index (κ2) is 14.1. The van der Waals surface area contributed by atoms with Crippen molar-refractivity contribution in [3.63, 3.8) is 0 Å². The van der Waals surface area contributed by atoms with Crippen molar-refractivity contribution in [3.05, 3.63) is 212 Å². The van der Waals surface area contributed by atoms with E-state index in [0.717, 1.165) is 121 Å². The van der Waals surface area contributed by atoms with E-state index in [1.807, 2.05) is 42.5 Å². The van der Waals surface area contributed by atoms with E-state index in [1.165, 1.54) is 5.39 Å². The van der Waals surface area contributed by atoms with Crippen LogP contribution in [0.5, 0.6) is 0 Å². The molecule has 0 N–H and O–H groups in total. The Morgan fingerprint density at radius 3 is 1.54 bits per heavy atom. The van der Waals surface area contributed by atoms with Crippen LogP contribution in [-0.4, -0.2) is 24.1 Å². The number of nitrogens with zero attached hydrogens (tertiary/aromatic N) is 5. The molecule has 15 aromatic rings. The highest BCUT2D eigenvalue weighted by Crippen LogP contribution is 2.45. The van der Waals surface area contributed by atoms with Crippen LogP contribution in [0.3, 0.4) is 0 Å². The lowest BCUT2D eigenvalue weighted by atomic mass is 10.0. The van der Waals surface area contributed by atoms with Crippen molar-refractivity contribution >= 4 is 98.3 Å². The highest BCUT2D eigenvalue weighted by atomic mass is 16.3. The summed E-state index contributed by atoms with van der Waals surface area (Å²) < 4.78 is 17.9. The van der Waals surface area contributed by atoms with Gasteiger partial charge in [0.1, 0.15) is 22.3 Å². The third-order valence-electron chi connectivity index (χ3n) is 13.8. The van der Waals surface area contributed by atoms with Crippen LogP contribution in [-0.2, 0) is 0 Å². The van der Waals surface area contributed by atoms with E-state index in [4.69, 9.17) is 23.8 Å². The Morgan fingerprint density at radius 2 is 0.809 bits per heavy atom. The number of aromatic nitrogens is 5. The Labute approximate surface area is 387 Å². The highest BCUT2D eigenvalue weighted by molar-refractivity contribution is 6.19. The first-order chi connectivity index (χ1) is 33.7. The van der Waals surface area contributed by atoms with Gasteiger partial charge in [-0.05, 0) is 83.6 Å². The number of hydrogen-bond donors (Lipinski definition) is 0. The normalized spacial score (nSPS) is 12.1. The van der Waals surface area contributed by atoms with Crippen LogP contribution in [0.4, 0.5) is 0 Å². The predicted molar refractivity (Wildman–Crippen MR) is 277 cm³/mol. The molecule has 68 heavy (non-hydrogen) atoms. The molecule has 0 saturated heterocycles. The molecule has 0 aliphatic rings. The van der Waals surface area contributed by atoms with Crippen LogP contribution in [0.2, 0.25) is 0 Å². The quantitative estimate of drug-likeness (QED) is 0.172. The first kappa shape index (κ1) is 36.9. The van der Waals surface area contributed by atoms with Crippen molar-refractivity contribution in [1.29, 1.82) is 0 Å². The molecule has 15 rings (SSSR count). The SMILES string of the molecule is c1ccc(-n2c3ccccc3c3c(-c4nc(-c5ccc6oc7ccccc7c6c5-n5c6ccccc6c6cc7ccccc7cc65)nc(-c5cccc6oc7ccccc7c56)n4)cccc32)cc1. The summed E-state index contributed by atoms with van der Waals surface area (Å²) in [5, 5.41) is 10.8. The first-order valence-electron chi connectivity index (χ1n) is 22.9. The second-order valence-corrected chi connectivity index (χ2v) is 17.5. The molecular weight excluding hydrogens is 835 g/mol. The summed E-state index contributed by atoms with van der Waals surface area (Å²) in [4.78, 5) is 16.7. The Balaban J connectivity index is 1.10. The predicted octanol–water partition coefficient (Wildman–Crippen LogP) is 16.0. The minimum Gasteiger partial charge on any atom is -0.456 e. The highest BCUT2D eigenvalue weighted by Gasteiger charge is 2.26. The zero-order valence-corrected chi connectivity index (χ0v) is 36.3. The maximum atomic E-state index is 6.69. The summed E-state index contributed by atoms with van der Waals surface area (Å²) >= 11 is 0. The fourth-order valence-electron chi connectivity index (χ4n) is 10.9. The summed E-state index contributed by atoms with van der Waals surface area (Å²) in [5.41, 5.74) is 12.1. The monoisotopic (exact) mass is 869 g/mol.